The van der Waals surface area contributed by atoms with Crippen molar-refractivity contribution < 1.29 is 31.5 Å². The quantitative estimate of drug-likeness (QED) is 0.239. The van der Waals surface area contributed by atoms with Crippen LogP contribution in [0, 0.1) is 0 Å². The number of ether oxygens (including phenoxy) is 1. The number of rotatable bonds is 7. The fourth-order valence-electron chi connectivity index (χ4n) is 1.59. The number of carbonyl (C=O) groups is 1. The Morgan fingerprint density at radius 2 is 1.88 bits per heavy atom. The monoisotopic (exact) mass is 406 g/mol. The van der Waals surface area contributed by atoms with Crippen molar-refractivity contribution in [2.75, 3.05) is 13.2 Å². The molecule has 11 heteroatoms. The van der Waals surface area contributed by atoms with Crippen molar-refractivity contribution >= 4 is 34.9 Å². The van der Waals surface area contributed by atoms with E-state index in [-0.39, 0.29) is 27.9 Å². The van der Waals surface area contributed by atoms with Crippen LogP contribution in [0.2, 0.25) is 10.0 Å². The van der Waals surface area contributed by atoms with Gasteiger partial charge in [0, 0.05) is 23.6 Å². The van der Waals surface area contributed by atoms with Gasteiger partial charge in [-0.2, -0.15) is 27.1 Å². The number of benzene rings is 1. The van der Waals surface area contributed by atoms with Crippen LogP contribution in [0.5, 0.6) is 0 Å². The lowest BCUT2D eigenvalue weighted by Gasteiger charge is -2.19. The molecule has 0 bridgehead atoms. The van der Waals surface area contributed by atoms with E-state index in [2.05, 4.69) is 5.10 Å². The molecular formula is C14H13Cl2F5N2O2. The Balaban J connectivity index is 2.94. The number of hydrogen-bond donors (Lipinski definition) is 1. The fourth-order valence-corrected chi connectivity index (χ4v) is 2.08. The molecule has 4 nitrogen and oxygen atoms in total. The third kappa shape index (κ3) is 6.00. The Kier molecular flexibility index (Phi) is 7.43. The standard InChI is InChI=1S/C14H13Cl2F5N2O2/c1-2-25-12(24)11(9-4-3-8(15)7-10(9)16)23-22-6-5-13(17,18)14(19,20)21/h3-4,7,22H,2,5-6H2,1H3/b23-11-. The van der Waals surface area contributed by atoms with Gasteiger partial charge in [-0.1, -0.05) is 23.2 Å². The third-order valence-corrected chi connectivity index (χ3v) is 3.36. The van der Waals surface area contributed by atoms with Gasteiger partial charge in [-0.25, -0.2) is 4.79 Å². The van der Waals surface area contributed by atoms with Gasteiger partial charge >= 0.3 is 18.1 Å². The molecule has 0 unspecified atom stereocenters. The summed E-state index contributed by atoms with van der Waals surface area (Å²) in [6, 6.07) is 4.05. The number of nitrogens with zero attached hydrogens (tertiary/aromatic N) is 1. The summed E-state index contributed by atoms with van der Waals surface area (Å²) in [5, 5.41) is 3.85. The summed E-state index contributed by atoms with van der Waals surface area (Å²) in [7, 11) is 0. The Morgan fingerprint density at radius 3 is 2.40 bits per heavy atom. The highest BCUT2D eigenvalue weighted by Crippen LogP contribution is 2.37. The van der Waals surface area contributed by atoms with Gasteiger partial charge in [-0.3, -0.25) is 0 Å². The van der Waals surface area contributed by atoms with E-state index < -0.39 is 31.0 Å². The van der Waals surface area contributed by atoms with Gasteiger partial charge in [-0.15, -0.1) is 0 Å². The Hall–Kier alpha value is -1.61. The van der Waals surface area contributed by atoms with E-state index in [0.717, 1.165) is 0 Å². The van der Waals surface area contributed by atoms with Crippen LogP contribution in [0.15, 0.2) is 23.3 Å². The van der Waals surface area contributed by atoms with Crippen LogP contribution < -0.4 is 5.43 Å². The molecule has 0 aromatic heterocycles. The van der Waals surface area contributed by atoms with Crippen molar-refractivity contribution in [2.45, 2.75) is 25.4 Å². The first kappa shape index (κ1) is 21.4. The largest absolute Gasteiger partial charge is 0.461 e. The van der Waals surface area contributed by atoms with E-state index in [4.69, 9.17) is 27.9 Å². The lowest BCUT2D eigenvalue weighted by atomic mass is 10.1. The van der Waals surface area contributed by atoms with Crippen molar-refractivity contribution in [2.24, 2.45) is 5.10 Å². The number of hydrogen-bond acceptors (Lipinski definition) is 4. The van der Waals surface area contributed by atoms with Crippen molar-refractivity contribution in [1.29, 1.82) is 0 Å². The molecule has 0 aliphatic heterocycles. The molecule has 0 atom stereocenters. The molecule has 140 valence electrons. The molecule has 0 heterocycles. The fraction of sp³-hybridized carbons (Fsp3) is 0.429. The average Bonchev–Trinajstić information content (AvgIpc) is 2.47. The molecule has 0 amide bonds. The Bertz CT molecular complexity index is 651. The van der Waals surface area contributed by atoms with E-state index in [1.807, 2.05) is 5.43 Å². The molecule has 0 saturated heterocycles. The molecule has 0 radical (unpaired) electrons. The summed E-state index contributed by atoms with van der Waals surface area (Å²) in [6.45, 7) is 0.687. The topological polar surface area (TPSA) is 50.7 Å². The molecule has 0 spiro atoms. The first-order valence-electron chi connectivity index (χ1n) is 6.87. The van der Waals surface area contributed by atoms with Crippen LogP contribution in [0.3, 0.4) is 0 Å². The number of nitrogens with one attached hydrogen (secondary N) is 1. The summed E-state index contributed by atoms with van der Waals surface area (Å²) in [5.41, 5.74) is 1.72. The first-order valence-corrected chi connectivity index (χ1v) is 7.63. The summed E-state index contributed by atoms with van der Waals surface area (Å²) in [4.78, 5) is 11.9. The maximum Gasteiger partial charge on any atom is 0.453 e. The van der Waals surface area contributed by atoms with E-state index >= 15 is 0 Å². The van der Waals surface area contributed by atoms with E-state index in [0.29, 0.717) is 0 Å². The SMILES string of the molecule is CCOC(=O)/C(=N\NCCC(F)(F)C(F)(F)F)c1ccc(Cl)cc1Cl. The zero-order chi connectivity index (χ0) is 19.3. The summed E-state index contributed by atoms with van der Waals surface area (Å²) >= 11 is 11.7. The van der Waals surface area contributed by atoms with Crippen molar-refractivity contribution in [3.8, 4) is 0 Å². The van der Waals surface area contributed by atoms with Crippen molar-refractivity contribution in [1.82, 2.24) is 5.43 Å². The van der Waals surface area contributed by atoms with Gasteiger partial charge in [0.05, 0.1) is 11.6 Å². The number of esters is 1. The molecule has 0 aliphatic rings. The minimum absolute atomic E-state index is 0.00476. The van der Waals surface area contributed by atoms with Crippen LogP contribution in [0.4, 0.5) is 22.0 Å². The van der Waals surface area contributed by atoms with Gasteiger partial charge in [-0.05, 0) is 25.1 Å². The van der Waals surface area contributed by atoms with Crippen molar-refractivity contribution in [3.05, 3.63) is 33.8 Å². The van der Waals surface area contributed by atoms with Crippen LogP contribution in [0.25, 0.3) is 0 Å². The maximum absolute atomic E-state index is 12.8. The smallest absolute Gasteiger partial charge is 0.453 e. The summed E-state index contributed by atoms with van der Waals surface area (Å²) < 4.78 is 66.7. The van der Waals surface area contributed by atoms with Gasteiger partial charge in [0.2, 0.25) is 0 Å². The van der Waals surface area contributed by atoms with Crippen LogP contribution >= 0.6 is 23.2 Å². The maximum atomic E-state index is 12.8. The van der Waals surface area contributed by atoms with Crippen molar-refractivity contribution in [3.63, 3.8) is 0 Å². The molecule has 0 fully saturated rings. The number of hydrazone groups is 1. The lowest BCUT2D eigenvalue weighted by molar-refractivity contribution is -0.283. The summed E-state index contributed by atoms with van der Waals surface area (Å²) in [6.07, 6.45) is -7.22. The molecule has 1 aromatic carbocycles. The minimum Gasteiger partial charge on any atom is -0.461 e. The van der Waals surface area contributed by atoms with Gasteiger partial charge in [0.1, 0.15) is 0 Å². The van der Waals surface area contributed by atoms with E-state index in [1.54, 1.807) is 0 Å². The predicted octanol–water partition coefficient (Wildman–Crippen LogP) is 4.44. The Morgan fingerprint density at radius 1 is 1.24 bits per heavy atom. The zero-order valence-corrected chi connectivity index (χ0v) is 14.3. The van der Waals surface area contributed by atoms with Crippen LogP contribution in [-0.2, 0) is 9.53 Å². The number of halogens is 7. The molecule has 0 saturated carbocycles. The van der Waals surface area contributed by atoms with Crippen LogP contribution in [0.1, 0.15) is 18.9 Å². The number of alkyl halides is 5. The highest BCUT2D eigenvalue weighted by atomic mass is 35.5. The Labute approximate surface area is 149 Å². The molecule has 0 aliphatic carbocycles. The zero-order valence-electron chi connectivity index (χ0n) is 12.8. The van der Waals surface area contributed by atoms with Gasteiger partial charge in [0.15, 0.2) is 5.71 Å². The second-order valence-corrected chi connectivity index (χ2v) is 5.51. The highest BCUT2D eigenvalue weighted by Gasteiger charge is 2.56. The minimum atomic E-state index is -5.66. The van der Waals surface area contributed by atoms with Gasteiger partial charge < -0.3 is 10.2 Å². The van der Waals surface area contributed by atoms with Gasteiger partial charge in [0.25, 0.3) is 0 Å². The average molecular weight is 407 g/mol. The molecule has 25 heavy (non-hydrogen) atoms. The highest BCUT2D eigenvalue weighted by molar-refractivity contribution is 6.47. The predicted molar refractivity (Wildman–Crippen MR) is 83.3 cm³/mol. The van der Waals surface area contributed by atoms with Crippen LogP contribution in [-0.4, -0.2) is 36.9 Å². The van der Waals surface area contributed by atoms with E-state index in [9.17, 15) is 26.7 Å². The number of carbonyl (C=O) groups excluding carboxylic acids is 1. The molecule has 1 N–H and O–H groups in total. The summed E-state index contributed by atoms with van der Waals surface area (Å²) in [5.74, 6) is -5.81. The van der Waals surface area contributed by atoms with E-state index in [1.165, 1.54) is 25.1 Å². The first-order chi connectivity index (χ1) is 11.5. The lowest BCUT2D eigenvalue weighted by Crippen LogP contribution is -2.38. The molecule has 1 rings (SSSR count). The normalized spacial score (nSPS) is 12.9. The second kappa shape index (κ2) is 8.66. The third-order valence-electron chi connectivity index (χ3n) is 2.81. The molecule has 1 aromatic rings. The molecular weight excluding hydrogens is 394 g/mol. The second-order valence-electron chi connectivity index (χ2n) is 4.67.